The molecular weight excluding hydrogens is 348 g/mol. The monoisotopic (exact) mass is 376 g/mol. The molecule has 7 heteroatoms. The van der Waals surface area contributed by atoms with E-state index in [9.17, 15) is 9.90 Å². The first-order valence-electron chi connectivity index (χ1n) is 9.33. The predicted molar refractivity (Wildman–Crippen MR) is 102 cm³/mol. The van der Waals surface area contributed by atoms with E-state index in [1.54, 1.807) is 4.90 Å². The summed E-state index contributed by atoms with van der Waals surface area (Å²) in [7, 11) is 0. The van der Waals surface area contributed by atoms with Crippen LogP contribution >= 0.6 is 0 Å². The minimum atomic E-state index is -0.489. The van der Waals surface area contributed by atoms with Crippen LogP contribution in [0.1, 0.15) is 33.3 Å². The standard InChI is InChI=1S/C20H28N2O5/c1-5-25-17-7-6-14-16(23)13-26-18(14)15(17)12-21-8-10-22(11-9-21)19(24)27-20(2,3)4/h6-7,13,23H,5,8-12H2,1-4H3. The third-order valence-electron chi connectivity index (χ3n) is 4.49. The molecule has 1 saturated heterocycles. The van der Waals surface area contributed by atoms with Gasteiger partial charge in [-0.15, -0.1) is 0 Å². The molecule has 0 unspecified atom stereocenters. The molecule has 0 aliphatic carbocycles. The number of hydrogen-bond acceptors (Lipinski definition) is 6. The maximum atomic E-state index is 12.2. The summed E-state index contributed by atoms with van der Waals surface area (Å²) in [4.78, 5) is 16.2. The summed E-state index contributed by atoms with van der Waals surface area (Å²) in [6, 6.07) is 3.68. The zero-order valence-corrected chi connectivity index (χ0v) is 16.4. The number of piperazine rings is 1. The predicted octanol–water partition coefficient (Wildman–Crippen LogP) is 3.59. The van der Waals surface area contributed by atoms with Crippen LogP contribution in [0.25, 0.3) is 11.0 Å². The fourth-order valence-corrected chi connectivity index (χ4v) is 3.20. The summed E-state index contributed by atoms with van der Waals surface area (Å²) >= 11 is 0. The highest BCUT2D eigenvalue weighted by Crippen LogP contribution is 2.35. The number of nitrogens with zero attached hydrogens (tertiary/aromatic N) is 2. The normalized spacial score (nSPS) is 15.9. The van der Waals surface area contributed by atoms with Gasteiger partial charge in [0.15, 0.2) is 5.75 Å². The topological polar surface area (TPSA) is 75.4 Å². The van der Waals surface area contributed by atoms with Crippen molar-refractivity contribution in [2.45, 2.75) is 39.8 Å². The van der Waals surface area contributed by atoms with Gasteiger partial charge in [-0.2, -0.15) is 0 Å². The molecule has 2 heterocycles. The molecule has 0 saturated carbocycles. The Hall–Kier alpha value is -2.41. The van der Waals surface area contributed by atoms with Gasteiger partial charge < -0.3 is 23.9 Å². The van der Waals surface area contributed by atoms with Crippen LogP contribution in [0.5, 0.6) is 11.5 Å². The van der Waals surface area contributed by atoms with Crippen molar-refractivity contribution in [3.63, 3.8) is 0 Å². The molecule has 3 rings (SSSR count). The molecule has 1 aromatic carbocycles. The van der Waals surface area contributed by atoms with Gasteiger partial charge in [0.1, 0.15) is 23.2 Å². The summed E-state index contributed by atoms with van der Waals surface area (Å²) in [5.74, 6) is 0.887. The average molecular weight is 376 g/mol. The lowest BCUT2D eigenvalue weighted by molar-refractivity contribution is 0.0138. The van der Waals surface area contributed by atoms with Crippen LogP contribution in [0.2, 0.25) is 0 Å². The van der Waals surface area contributed by atoms with E-state index < -0.39 is 5.60 Å². The first-order chi connectivity index (χ1) is 12.8. The van der Waals surface area contributed by atoms with Crippen molar-refractivity contribution in [2.24, 2.45) is 0 Å². The van der Waals surface area contributed by atoms with Gasteiger partial charge in [-0.05, 0) is 39.8 Å². The van der Waals surface area contributed by atoms with E-state index in [4.69, 9.17) is 13.9 Å². The second-order valence-corrected chi connectivity index (χ2v) is 7.72. The second-order valence-electron chi connectivity index (χ2n) is 7.72. The molecule has 27 heavy (non-hydrogen) atoms. The van der Waals surface area contributed by atoms with E-state index in [0.29, 0.717) is 37.2 Å². The maximum absolute atomic E-state index is 12.2. The van der Waals surface area contributed by atoms with Crippen LogP contribution in [0.15, 0.2) is 22.8 Å². The van der Waals surface area contributed by atoms with Gasteiger partial charge in [0.2, 0.25) is 0 Å². The summed E-state index contributed by atoms with van der Waals surface area (Å²) in [6.45, 7) is 11.4. The van der Waals surface area contributed by atoms with Crippen molar-refractivity contribution in [3.8, 4) is 11.5 Å². The molecule has 148 valence electrons. The summed E-state index contributed by atoms with van der Waals surface area (Å²) in [5.41, 5.74) is 1.07. The minimum absolute atomic E-state index is 0.129. The zero-order valence-electron chi connectivity index (χ0n) is 16.4. The molecule has 1 N–H and O–H groups in total. The highest BCUT2D eigenvalue weighted by atomic mass is 16.6. The van der Waals surface area contributed by atoms with E-state index in [-0.39, 0.29) is 11.8 Å². The van der Waals surface area contributed by atoms with Crippen molar-refractivity contribution in [3.05, 3.63) is 24.0 Å². The highest BCUT2D eigenvalue weighted by molar-refractivity contribution is 5.88. The highest BCUT2D eigenvalue weighted by Gasteiger charge is 2.27. The Labute approximate surface area is 159 Å². The van der Waals surface area contributed by atoms with Crippen molar-refractivity contribution in [1.82, 2.24) is 9.80 Å². The molecule has 1 aliphatic rings. The van der Waals surface area contributed by atoms with Gasteiger partial charge >= 0.3 is 6.09 Å². The Balaban J connectivity index is 1.70. The third-order valence-corrected chi connectivity index (χ3v) is 4.49. The number of carbonyl (C=O) groups is 1. The molecule has 0 radical (unpaired) electrons. The van der Waals surface area contributed by atoms with E-state index in [1.165, 1.54) is 6.26 Å². The fourth-order valence-electron chi connectivity index (χ4n) is 3.20. The van der Waals surface area contributed by atoms with Crippen LogP contribution in [-0.4, -0.2) is 59.4 Å². The maximum Gasteiger partial charge on any atom is 0.410 e. The van der Waals surface area contributed by atoms with Crippen LogP contribution < -0.4 is 4.74 Å². The van der Waals surface area contributed by atoms with E-state index in [2.05, 4.69) is 4.90 Å². The molecule has 0 atom stereocenters. The van der Waals surface area contributed by atoms with E-state index in [0.717, 1.165) is 24.4 Å². The number of fused-ring (bicyclic) bond motifs is 1. The Morgan fingerprint density at radius 2 is 1.93 bits per heavy atom. The first-order valence-corrected chi connectivity index (χ1v) is 9.33. The zero-order chi connectivity index (χ0) is 19.6. The molecule has 0 bridgehead atoms. The van der Waals surface area contributed by atoms with Crippen molar-refractivity contribution >= 4 is 17.1 Å². The first kappa shape index (κ1) is 19.4. The van der Waals surface area contributed by atoms with Crippen molar-refractivity contribution in [2.75, 3.05) is 32.8 Å². The number of rotatable bonds is 4. The number of ether oxygens (including phenoxy) is 2. The van der Waals surface area contributed by atoms with Crippen molar-refractivity contribution in [1.29, 1.82) is 0 Å². The molecule has 1 aliphatic heterocycles. The SMILES string of the molecule is CCOc1ccc2c(O)coc2c1CN1CCN(C(=O)OC(C)(C)C)CC1. The Kier molecular flexibility index (Phi) is 5.51. The largest absolute Gasteiger partial charge is 0.504 e. The van der Waals surface area contributed by atoms with E-state index in [1.807, 2.05) is 39.8 Å². The molecule has 2 aromatic rings. The number of hydrogen-bond donors (Lipinski definition) is 1. The molecule has 0 spiro atoms. The number of amides is 1. The number of aromatic hydroxyl groups is 1. The average Bonchev–Trinajstić information content (AvgIpc) is 2.97. The van der Waals surface area contributed by atoms with Gasteiger partial charge in [0, 0.05) is 32.7 Å². The lowest BCUT2D eigenvalue weighted by Gasteiger charge is -2.35. The molecule has 1 fully saturated rings. The summed E-state index contributed by atoms with van der Waals surface area (Å²) in [6.07, 6.45) is 1.08. The molecule has 1 aromatic heterocycles. The minimum Gasteiger partial charge on any atom is -0.504 e. The van der Waals surface area contributed by atoms with Crippen LogP contribution in [0.3, 0.4) is 0 Å². The molecule has 7 nitrogen and oxygen atoms in total. The van der Waals surface area contributed by atoms with Gasteiger partial charge in [-0.3, -0.25) is 4.90 Å². The number of benzene rings is 1. The number of carbonyl (C=O) groups excluding carboxylic acids is 1. The molecular formula is C20H28N2O5. The third kappa shape index (κ3) is 4.47. The van der Waals surface area contributed by atoms with Crippen molar-refractivity contribution < 1.29 is 23.8 Å². The lowest BCUT2D eigenvalue weighted by Crippen LogP contribution is -2.49. The Bertz CT molecular complexity index is 801. The Morgan fingerprint density at radius 3 is 2.56 bits per heavy atom. The molecule has 1 amide bonds. The van der Waals surface area contributed by atoms with Gasteiger partial charge in [0.05, 0.1) is 17.6 Å². The van der Waals surface area contributed by atoms with Crippen LogP contribution in [-0.2, 0) is 11.3 Å². The number of furan rings is 1. The second kappa shape index (κ2) is 7.68. The Morgan fingerprint density at radius 1 is 1.22 bits per heavy atom. The van der Waals surface area contributed by atoms with Gasteiger partial charge in [0.25, 0.3) is 0 Å². The van der Waals surface area contributed by atoms with Gasteiger partial charge in [-0.25, -0.2) is 4.79 Å². The fraction of sp³-hybridized carbons (Fsp3) is 0.550. The summed E-state index contributed by atoms with van der Waals surface area (Å²) in [5, 5.41) is 10.6. The van der Waals surface area contributed by atoms with E-state index >= 15 is 0 Å². The smallest absolute Gasteiger partial charge is 0.410 e. The quantitative estimate of drug-likeness (QED) is 0.879. The van der Waals surface area contributed by atoms with Crippen LogP contribution in [0, 0.1) is 0 Å². The van der Waals surface area contributed by atoms with Gasteiger partial charge in [-0.1, -0.05) is 0 Å². The lowest BCUT2D eigenvalue weighted by atomic mass is 10.1. The van der Waals surface area contributed by atoms with Crippen LogP contribution in [0.4, 0.5) is 4.79 Å². The summed E-state index contributed by atoms with van der Waals surface area (Å²) < 4.78 is 16.8.